The highest BCUT2D eigenvalue weighted by Crippen LogP contribution is 2.17. The molecule has 4 nitrogen and oxygen atoms in total. The number of nitrogens with zero attached hydrogens (tertiary/aromatic N) is 1. The Morgan fingerprint density at radius 2 is 2.10 bits per heavy atom. The van der Waals surface area contributed by atoms with Crippen molar-refractivity contribution in [3.05, 3.63) is 60.0 Å². The maximum absolute atomic E-state index is 12.0. The average Bonchev–Trinajstić information content (AvgIpc) is 3.05. The van der Waals surface area contributed by atoms with E-state index in [4.69, 9.17) is 0 Å². The minimum Gasteiger partial charge on any atom is -0.361 e. The zero-order chi connectivity index (χ0) is 13.9. The molecule has 0 atom stereocenters. The van der Waals surface area contributed by atoms with E-state index in [1.807, 2.05) is 48.3 Å². The van der Waals surface area contributed by atoms with Gasteiger partial charge in [0.1, 0.15) is 5.69 Å². The molecule has 0 fully saturated rings. The van der Waals surface area contributed by atoms with Crippen molar-refractivity contribution in [3.63, 3.8) is 0 Å². The van der Waals surface area contributed by atoms with Crippen molar-refractivity contribution >= 4 is 16.8 Å². The summed E-state index contributed by atoms with van der Waals surface area (Å²) in [5, 5.41) is 4.18. The Morgan fingerprint density at radius 1 is 1.25 bits per heavy atom. The van der Waals surface area contributed by atoms with Crippen LogP contribution < -0.4 is 5.32 Å². The van der Waals surface area contributed by atoms with Gasteiger partial charge in [0.25, 0.3) is 5.91 Å². The van der Waals surface area contributed by atoms with Crippen LogP contribution in [0.25, 0.3) is 10.9 Å². The lowest BCUT2D eigenvalue weighted by Gasteiger charge is -2.05. The van der Waals surface area contributed by atoms with Crippen LogP contribution in [0.5, 0.6) is 0 Å². The second kappa shape index (κ2) is 5.25. The van der Waals surface area contributed by atoms with E-state index in [1.54, 1.807) is 0 Å². The smallest absolute Gasteiger partial charge is 0.267 e. The minimum absolute atomic E-state index is 0.0302. The Morgan fingerprint density at radius 3 is 2.90 bits per heavy atom. The second-order valence-corrected chi connectivity index (χ2v) is 4.87. The number of amides is 1. The minimum atomic E-state index is -0.0302. The summed E-state index contributed by atoms with van der Waals surface area (Å²) < 4.78 is 1.82. The maximum Gasteiger partial charge on any atom is 0.267 e. The van der Waals surface area contributed by atoms with Crippen molar-refractivity contribution in [1.82, 2.24) is 14.9 Å². The van der Waals surface area contributed by atoms with Gasteiger partial charge in [-0.15, -0.1) is 0 Å². The Kier molecular flexibility index (Phi) is 3.29. The summed E-state index contributed by atoms with van der Waals surface area (Å²) >= 11 is 0. The molecule has 0 radical (unpaired) electrons. The molecule has 2 aromatic heterocycles. The number of para-hydroxylation sites is 1. The molecule has 102 valence electrons. The molecule has 0 saturated heterocycles. The Hall–Kier alpha value is -2.49. The van der Waals surface area contributed by atoms with E-state index >= 15 is 0 Å². The van der Waals surface area contributed by atoms with Crippen LogP contribution in [-0.2, 0) is 13.5 Å². The maximum atomic E-state index is 12.0. The summed E-state index contributed by atoms with van der Waals surface area (Å²) in [6.45, 7) is 0.631. The van der Waals surface area contributed by atoms with Gasteiger partial charge in [-0.2, -0.15) is 0 Å². The molecule has 1 amide bonds. The van der Waals surface area contributed by atoms with Gasteiger partial charge in [0.05, 0.1) is 0 Å². The second-order valence-electron chi connectivity index (χ2n) is 4.87. The number of hydrogen-bond acceptors (Lipinski definition) is 1. The topological polar surface area (TPSA) is 49.8 Å². The van der Waals surface area contributed by atoms with Gasteiger partial charge < -0.3 is 14.9 Å². The third-order valence-corrected chi connectivity index (χ3v) is 3.53. The van der Waals surface area contributed by atoms with Crippen LogP contribution in [0.4, 0.5) is 0 Å². The Bertz CT molecular complexity index is 739. The van der Waals surface area contributed by atoms with E-state index in [2.05, 4.69) is 22.4 Å². The predicted molar refractivity (Wildman–Crippen MR) is 79.7 cm³/mol. The Labute approximate surface area is 117 Å². The average molecular weight is 267 g/mol. The summed E-state index contributed by atoms with van der Waals surface area (Å²) in [6, 6.07) is 11.9. The molecule has 3 aromatic rings. The number of H-pyrrole nitrogens is 1. The summed E-state index contributed by atoms with van der Waals surface area (Å²) in [4.78, 5) is 15.2. The van der Waals surface area contributed by atoms with E-state index in [0.29, 0.717) is 12.2 Å². The molecule has 3 rings (SSSR count). The third-order valence-electron chi connectivity index (χ3n) is 3.53. The molecule has 0 aliphatic heterocycles. The lowest BCUT2D eigenvalue weighted by molar-refractivity contribution is 0.0946. The van der Waals surface area contributed by atoms with Gasteiger partial charge in [0.15, 0.2) is 0 Å². The molecule has 0 unspecified atom stereocenters. The van der Waals surface area contributed by atoms with Crippen molar-refractivity contribution in [2.24, 2.45) is 7.05 Å². The fourth-order valence-electron chi connectivity index (χ4n) is 2.44. The van der Waals surface area contributed by atoms with Gasteiger partial charge >= 0.3 is 0 Å². The normalized spacial score (nSPS) is 10.8. The largest absolute Gasteiger partial charge is 0.361 e. The van der Waals surface area contributed by atoms with Crippen LogP contribution in [0, 0.1) is 0 Å². The van der Waals surface area contributed by atoms with Crippen molar-refractivity contribution in [1.29, 1.82) is 0 Å². The van der Waals surface area contributed by atoms with Crippen molar-refractivity contribution in [2.75, 3.05) is 6.54 Å². The molecule has 20 heavy (non-hydrogen) atoms. The van der Waals surface area contributed by atoms with Gasteiger partial charge in [0, 0.05) is 36.9 Å². The fourth-order valence-corrected chi connectivity index (χ4v) is 2.44. The van der Waals surface area contributed by atoms with E-state index in [0.717, 1.165) is 11.9 Å². The number of carbonyl (C=O) groups is 1. The highest BCUT2D eigenvalue weighted by molar-refractivity contribution is 5.92. The number of aromatic nitrogens is 2. The van der Waals surface area contributed by atoms with Crippen LogP contribution in [0.3, 0.4) is 0 Å². The predicted octanol–water partition coefficient (Wildman–Crippen LogP) is 2.48. The first kappa shape index (κ1) is 12.5. The number of rotatable bonds is 4. The molecular formula is C16H17N3O. The monoisotopic (exact) mass is 267 g/mol. The van der Waals surface area contributed by atoms with E-state index in [9.17, 15) is 4.79 Å². The van der Waals surface area contributed by atoms with Crippen LogP contribution in [-0.4, -0.2) is 22.0 Å². The standard InChI is InChI=1S/C16H17N3O/c1-19-10-4-7-15(19)16(20)17-9-8-12-11-18-14-6-3-2-5-13(12)14/h2-7,10-11,18H,8-9H2,1H3,(H,17,20). The SMILES string of the molecule is Cn1cccc1C(=O)NCCc1c[nH]c2ccccc12. The van der Waals surface area contributed by atoms with Crippen molar-refractivity contribution < 1.29 is 4.79 Å². The van der Waals surface area contributed by atoms with Crippen LogP contribution in [0.2, 0.25) is 0 Å². The van der Waals surface area contributed by atoms with E-state index in [-0.39, 0.29) is 5.91 Å². The summed E-state index contributed by atoms with van der Waals surface area (Å²) in [5.74, 6) is -0.0302. The first-order valence-corrected chi connectivity index (χ1v) is 6.70. The number of hydrogen-bond donors (Lipinski definition) is 2. The van der Waals surface area contributed by atoms with Crippen LogP contribution >= 0.6 is 0 Å². The number of aromatic amines is 1. The molecule has 0 bridgehead atoms. The summed E-state index contributed by atoms with van der Waals surface area (Å²) in [6.07, 6.45) is 4.70. The molecule has 2 N–H and O–H groups in total. The fraction of sp³-hybridized carbons (Fsp3) is 0.188. The zero-order valence-electron chi connectivity index (χ0n) is 11.4. The first-order chi connectivity index (χ1) is 9.75. The van der Waals surface area contributed by atoms with Crippen LogP contribution in [0.1, 0.15) is 16.1 Å². The lowest BCUT2D eigenvalue weighted by Crippen LogP contribution is -2.27. The molecular weight excluding hydrogens is 250 g/mol. The van der Waals surface area contributed by atoms with Gasteiger partial charge in [0.2, 0.25) is 0 Å². The van der Waals surface area contributed by atoms with Crippen molar-refractivity contribution in [2.45, 2.75) is 6.42 Å². The molecule has 1 aromatic carbocycles. The van der Waals surface area contributed by atoms with Crippen molar-refractivity contribution in [3.8, 4) is 0 Å². The van der Waals surface area contributed by atoms with Gasteiger partial charge in [-0.3, -0.25) is 4.79 Å². The van der Waals surface area contributed by atoms with E-state index < -0.39 is 0 Å². The highest BCUT2D eigenvalue weighted by Gasteiger charge is 2.08. The van der Waals surface area contributed by atoms with Crippen LogP contribution in [0.15, 0.2) is 48.8 Å². The third kappa shape index (κ3) is 2.32. The number of fused-ring (bicyclic) bond motifs is 1. The van der Waals surface area contributed by atoms with Gasteiger partial charge in [-0.1, -0.05) is 18.2 Å². The number of nitrogens with one attached hydrogen (secondary N) is 2. The lowest BCUT2D eigenvalue weighted by atomic mass is 10.1. The molecule has 0 spiro atoms. The molecule has 0 aliphatic rings. The number of aryl methyl sites for hydroxylation is 1. The summed E-state index contributed by atoms with van der Waals surface area (Å²) in [5.41, 5.74) is 3.05. The van der Waals surface area contributed by atoms with Gasteiger partial charge in [-0.05, 0) is 30.2 Å². The zero-order valence-corrected chi connectivity index (χ0v) is 11.4. The number of benzene rings is 1. The molecule has 0 saturated carbocycles. The molecule has 2 heterocycles. The van der Waals surface area contributed by atoms with Gasteiger partial charge in [-0.25, -0.2) is 0 Å². The first-order valence-electron chi connectivity index (χ1n) is 6.70. The van der Waals surface area contributed by atoms with E-state index in [1.165, 1.54) is 10.9 Å². The quantitative estimate of drug-likeness (QED) is 0.749. The highest BCUT2D eigenvalue weighted by atomic mass is 16.1. The number of carbonyl (C=O) groups excluding carboxylic acids is 1. The summed E-state index contributed by atoms with van der Waals surface area (Å²) in [7, 11) is 1.87. The molecule has 0 aliphatic carbocycles. The molecule has 4 heteroatoms. The Balaban J connectivity index is 1.63.